The van der Waals surface area contributed by atoms with Crippen LogP contribution in [-0.2, 0) is 16.4 Å². The molecule has 2 aliphatic rings. The van der Waals surface area contributed by atoms with Crippen molar-refractivity contribution < 1.29 is 12.8 Å². The largest absolute Gasteiger partial charge is 0.432 e. The molecule has 1 aromatic heterocycles. The quantitative estimate of drug-likeness (QED) is 0.863. The summed E-state index contributed by atoms with van der Waals surface area (Å²) in [6, 6.07) is 1.04. The summed E-state index contributed by atoms with van der Waals surface area (Å²) in [7, 11) is -3.14. The van der Waals surface area contributed by atoms with Gasteiger partial charge in [-0.1, -0.05) is 0 Å². The van der Waals surface area contributed by atoms with Crippen LogP contribution in [0.1, 0.15) is 18.5 Å². The fourth-order valence-corrected chi connectivity index (χ4v) is 5.01. The van der Waals surface area contributed by atoms with Gasteiger partial charge in [-0.25, -0.2) is 8.42 Å². The third-order valence-electron chi connectivity index (χ3n) is 3.51. The fraction of sp³-hybridized carbons (Fsp3) is 0.750. The predicted octanol–water partition coefficient (Wildman–Crippen LogP) is 0.850. The Morgan fingerprint density at radius 3 is 3.05 bits per heavy atom. The van der Waals surface area contributed by atoms with E-state index in [2.05, 4.69) is 10.3 Å². The fourth-order valence-electron chi connectivity index (χ4n) is 2.20. The van der Waals surface area contributed by atoms with Crippen LogP contribution in [0.25, 0.3) is 0 Å². The molecule has 2 heterocycles. The second-order valence-electron chi connectivity index (χ2n) is 5.33. The van der Waals surface area contributed by atoms with Gasteiger partial charge in [-0.3, -0.25) is 0 Å². The van der Waals surface area contributed by atoms with Crippen LogP contribution in [-0.4, -0.2) is 49.1 Å². The summed E-state index contributed by atoms with van der Waals surface area (Å²) in [6.07, 6.45) is 5.34. The van der Waals surface area contributed by atoms with Crippen molar-refractivity contribution in [2.75, 3.05) is 29.2 Å². The van der Waals surface area contributed by atoms with Crippen molar-refractivity contribution in [3.8, 4) is 0 Å². The van der Waals surface area contributed by atoms with Gasteiger partial charge >= 0.3 is 0 Å². The van der Waals surface area contributed by atoms with Gasteiger partial charge in [0.2, 0.25) is 0 Å². The van der Waals surface area contributed by atoms with Crippen LogP contribution in [0.5, 0.6) is 0 Å². The Balaban J connectivity index is 1.72. The van der Waals surface area contributed by atoms with E-state index in [1.165, 1.54) is 19.1 Å². The minimum atomic E-state index is -3.14. The van der Waals surface area contributed by atoms with E-state index in [4.69, 9.17) is 4.42 Å². The average molecular weight is 317 g/mol. The van der Waals surface area contributed by atoms with Crippen LogP contribution in [0.3, 0.4) is 0 Å². The molecule has 20 heavy (non-hydrogen) atoms. The molecule has 1 aliphatic carbocycles. The Kier molecular flexibility index (Phi) is 3.96. The molecule has 0 spiro atoms. The van der Waals surface area contributed by atoms with E-state index in [9.17, 15) is 8.42 Å². The van der Waals surface area contributed by atoms with Gasteiger partial charge in [-0.15, -0.1) is 0 Å². The Morgan fingerprint density at radius 1 is 1.55 bits per heavy atom. The smallest absolute Gasteiger partial charge is 0.298 e. The van der Waals surface area contributed by atoms with Gasteiger partial charge < -0.3 is 14.6 Å². The normalized spacial score (nSPS) is 24.1. The van der Waals surface area contributed by atoms with Gasteiger partial charge in [0.1, 0.15) is 11.6 Å². The first-order valence-corrected chi connectivity index (χ1v) is 9.86. The molecule has 2 fully saturated rings. The molecule has 6 nitrogen and oxygen atoms in total. The van der Waals surface area contributed by atoms with Crippen molar-refractivity contribution in [2.24, 2.45) is 0 Å². The van der Waals surface area contributed by atoms with Crippen LogP contribution >= 0.6 is 11.8 Å². The van der Waals surface area contributed by atoms with Crippen molar-refractivity contribution in [3.63, 3.8) is 0 Å². The second kappa shape index (κ2) is 5.57. The number of sulfone groups is 1. The van der Waals surface area contributed by atoms with Crippen LogP contribution in [0.4, 0.5) is 6.01 Å². The molecule has 0 radical (unpaired) electrons. The molecule has 112 valence electrons. The molecule has 1 N–H and O–H groups in total. The molecule has 1 saturated heterocycles. The summed E-state index contributed by atoms with van der Waals surface area (Å²) in [5.41, 5.74) is 0.831. The highest BCUT2D eigenvalue weighted by molar-refractivity contribution is 8.01. The lowest BCUT2D eigenvalue weighted by Gasteiger charge is -2.32. The molecule has 8 heteroatoms. The number of oxazole rings is 1. The van der Waals surface area contributed by atoms with E-state index in [-0.39, 0.29) is 0 Å². The zero-order chi connectivity index (χ0) is 14.2. The van der Waals surface area contributed by atoms with Gasteiger partial charge in [0.15, 0.2) is 9.84 Å². The third-order valence-corrected chi connectivity index (χ3v) is 6.16. The maximum absolute atomic E-state index is 11.9. The molecule has 1 atom stereocenters. The Labute approximate surface area is 123 Å². The van der Waals surface area contributed by atoms with E-state index < -0.39 is 15.2 Å². The Hall–Kier alpha value is -0.730. The number of rotatable bonds is 5. The highest BCUT2D eigenvalue weighted by Gasteiger charge is 2.33. The van der Waals surface area contributed by atoms with Crippen molar-refractivity contribution >= 4 is 27.6 Å². The van der Waals surface area contributed by atoms with Gasteiger partial charge in [-0.05, 0) is 12.8 Å². The van der Waals surface area contributed by atoms with E-state index in [0.717, 1.165) is 11.4 Å². The monoisotopic (exact) mass is 317 g/mol. The van der Waals surface area contributed by atoms with Crippen molar-refractivity contribution in [1.29, 1.82) is 0 Å². The molecule has 0 bridgehead atoms. The SMILES string of the molecule is CS(=O)(=O)C1CSCCN1c1nc(CNC2CC2)co1. The molecule has 1 unspecified atom stereocenters. The van der Waals surface area contributed by atoms with Crippen LogP contribution < -0.4 is 10.2 Å². The number of thioether (sulfide) groups is 1. The molecule has 3 rings (SSSR count). The predicted molar refractivity (Wildman–Crippen MR) is 79.7 cm³/mol. The van der Waals surface area contributed by atoms with Gasteiger partial charge in [0, 0.05) is 36.9 Å². The standard InChI is InChI=1S/C12H19N3O3S2/c1-20(16,17)11-8-19-5-4-15(11)12-14-10(7-18-12)6-13-9-2-3-9/h7,9,11,13H,2-6,8H2,1H3. The van der Waals surface area contributed by atoms with Gasteiger partial charge in [-0.2, -0.15) is 16.7 Å². The van der Waals surface area contributed by atoms with Crippen molar-refractivity contribution in [3.05, 3.63) is 12.0 Å². The van der Waals surface area contributed by atoms with E-state index in [0.29, 0.717) is 30.9 Å². The molecule has 1 aromatic rings. The summed E-state index contributed by atoms with van der Waals surface area (Å²) in [4.78, 5) is 6.19. The Morgan fingerprint density at radius 2 is 2.35 bits per heavy atom. The Bertz CT molecular complexity index is 568. The second-order valence-corrected chi connectivity index (χ2v) is 8.68. The third kappa shape index (κ3) is 3.29. The summed E-state index contributed by atoms with van der Waals surface area (Å²) in [5, 5.41) is 2.83. The lowest BCUT2D eigenvalue weighted by atomic mass is 10.4. The first-order chi connectivity index (χ1) is 9.54. The molecule has 0 amide bonds. The zero-order valence-corrected chi connectivity index (χ0v) is 13.0. The minimum Gasteiger partial charge on any atom is -0.432 e. The number of anilines is 1. The molecule has 1 aliphatic heterocycles. The number of hydrogen-bond acceptors (Lipinski definition) is 7. The summed E-state index contributed by atoms with van der Waals surface area (Å²) >= 11 is 1.65. The first kappa shape index (κ1) is 14.2. The highest BCUT2D eigenvalue weighted by atomic mass is 32.2. The van der Waals surface area contributed by atoms with Crippen LogP contribution in [0.2, 0.25) is 0 Å². The molecule has 1 saturated carbocycles. The summed E-state index contributed by atoms with van der Waals surface area (Å²) in [6.45, 7) is 1.33. The van der Waals surface area contributed by atoms with E-state index >= 15 is 0 Å². The lowest BCUT2D eigenvalue weighted by Crippen LogP contribution is -2.47. The number of nitrogens with one attached hydrogen (secondary N) is 1. The maximum atomic E-state index is 11.9. The number of hydrogen-bond donors (Lipinski definition) is 1. The minimum absolute atomic E-state index is 0.424. The zero-order valence-electron chi connectivity index (χ0n) is 11.4. The van der Waals surface area contributed by atoms with Gasteiger partial charge in [0.25, 0.3) is 6.01 Å². The van der Waals surface area contributed by atoms with Crippen LogP contribution in [0.15, 0.2) is 10.7 Å². The van der Waals surface area contributed by atoms with E-state index in [1.807, 2.05) is 0 Å². The highest BCUT2D eigenvalue weighted by Crippen LogP contribution is 2.26. The first-order valence-electron chi connectivity index (χ1n) is 6.75. The average Bonchev–Trinajstić information content (AvgIpc) is 3.12. The van der Waals surface area contributed by atoms with Crippen molar-refractivity contribution in [1.82, 2.24) is 10.3 Å². The molecular formula is C12H19N3O3S2. The molecule has 0 aromatic carbocycles. The van der Waals surface area contributed by atoms with E-state index in [1.54, 1.807) is 22.9 Å². The van der Waals surface area contributed by atoms with Gasteiger partial charge in [0.05, 0.1) is 5.69 Å². The summed E-state index contributed by atoms with van der Waals surface area (Å²) in [5.74, 6) is 1.46. The topological polar surface area (TPSA) is 75.4 Å². The van der Waals surface area contributed by atoms with Crippen molar-refractivity contribution in [2.45, 2.75) is 30.8 Å². The number of aromatic nitrogens is 1. The lowest BCUT2D eigenvalue weighted by molar-refractivity contribution is 0.521. The maximum Gasteiger partial charge on any atom is 0.298 e. The molecular weight excluding hydrogens is 298 g/mol. The summed E-state index contributed by atoms with van der Waals surface area (Å²) < 4.78 is 29.2. The van der Waals surface area contributed by atoms with Crippen LogP contribution in [0, 0.1) is 0 Å². The number of nitrogens with zero attached hydrogens (tertiary/aromatic N) is 2.